The van der Waals surface area contributed by atoms with Crippen molar-refractivity contribution in [1.29, 1.82) is 0 Å². The van der Waals surface area contributed by atoms with E-state index in [-0.39, 0.29) is 22.4 Å². The van der Waals surface area contributed by atoms with Gasteiger partial charge >= 0.3 is 6.36 Å². The van der Waals surface area contributed by atoms with E-state index in [4.69, 9.17) is 0 Å². The first-order valence-corrected chi connectivity index (χ1v) is 9.93. The molecule has 0 aliphatic carbocycles. The van der Waals surface area contributed by atoms with Crippen LogP contribution in [0.15, 0.2) is 48.8 Å². The molecule has 3 aromatic rings. The van der Waals surface area contributed by atoms with Gasteiger partial charge in [0.1, 0.15) is 17.4 Å². The van der Waals surface area contributed by atoms with Gasteiger partial charge in [0.05, 0.1) is 11.8 Å². The average molecular weight is 464 g/mol. The van der Waals surface area contributed by atoms with Gasteiger partial charge in [-0.05, 0) is 49.2 Å². The Morgan fingerprint density at radius 2 is 1.67 bits per heavy atom. The molecule has 0 bridgehead atoms. The highest BCUT2D eigenvalue weighted by Gasteiger charge is 2.31. The number of anilines is 2. The zero-order chi connectivity index (χ0) is 23.6. The zero-order valence-electron chi connectivity index (χ0n) is 17.0. The highest BCUT2D eigenvalue weighted by Crippen LogP contribution is 2.33. The standard InChI is InChI=1S/C22H17F5N4O2/c23-14-10-17(19(24)28-12-14)18-9-13(11-29-20(18)31-7-1-2-8-31)21(32)30-15-3-5-16(6-4-15)33-22(25,26)27/h3-6,9-12H,1-2,7-8H2,(H,30,32). The van der Waals surface area contributed by atoms with Crippen molar-refractivity contribution >= 4 is 17.4 Å². The minimum absolute atomic E-state index is 0.0484. The second kappa shape index (κ2) is 9.00. The van der Waals surface area contributed by atoms with Gasteiger partial charge in [0.2, 0.25) is 5.95 Å². The molecule has 11 heteroatoms. The van der Waals surface area contributed by atoms with E-state index in [1.807, 2.05) is 4.90 Å². The number of nitrogens with one attached hydrogen (secondary N) is 1. The minimum Gasteiger partial charge on any atom is -0.406 e. The van der Waals surface area contributed by atoms with E-state index in [2.05, 4.69) is 20.0 Å². The molecule has 33 heavy (non-hydrogen) atoms. The van der Waals surface area contributed by atoms with Crippen LogP contribution in [0.2, 0.25) is 0 Å². The van der Waals surface area contributed by atoms with Crippen LogP contribution < -0.4 is 15.0 Å². The highest BCUT2D eigenvalue weighted by atomic mass is 19.4. The fourth-order valence-electron chi connectivity index (χ4n) is 3.52. The molecule has 1 N–H and O–H groups in total. The molecule has 6 nitrogen and oxygen atoms in total. The summed E-state index contributed by atoms with van der Waals surface area (Å²) in [6.45, 7) is 1.37. The van der Waals surface area contributed by atoms with Crippen molar-refractivity contribution in [2.45, 2.75) is 19.2 Å². The fraction of sp³-hybridized carbons (Fsp3) is 0.227. The number of rotatable bonds is 5. The van der Waals surface area contributed by atoms with Gasteiger partial charge in [-0.25, -0.2) is 14.4 Å². The quantitative estimate of drug-likeness (QED) is 0.417. The van der Waals surface area contributed by atoms with Crippen LogP contribution in [0.4, 0.5) is 33.5 Å². The van der Waals surface area contributed by atoms with Gasteiger partial charge in [0.25, 0.3) is 5.91 Å². The van der Waals surface area contributed by atoms with E-state index in [1.165, 1.54) is 24.4 Å². The van der Waals surface area contributed by atoms with E-state index in [9.17, 15) is 26.7 Å². The maximum atomic E-state index is 14.4. The van der Waals surface area contributed by atoms with Gasteiger partial charge in [-0.15, -0.1) is 13.2 Å². The number of amides is 1. The summed E-state index contributed by atoms with van der Waals surface area (Å²) in [5.41, 5.74) is 0.334. The molecule has 1 amide bonds. The van der Waals surface area contributed by atoms with Crippen LogP contribution in [-0.4, -0.2) is 35.3 Å². The number of carbonyl (C=O) groups excluding carboxylic acids is 1. The number of benzene rings is 1. The summed E-state index contributed by atoms with van der Waals surface area (Å²) in [7, 11) is 0. The summed E-state index contributed by atoms with van der Waals surface area (Å²) in [6, 6.07) is 6.95. The number of hydrogen-bond donors (Lipinski definition) is 1. The Balaban J connectivity index is 1.62. The fourth-order valence-corrected chi connectivity index (χ4v) is 3.52. The van der Waals surface area contributed by atoms with Crippen LogP contribution in [0.3, 0.4) is 0 Å². The van der Waals surface area contributed by atoms with Gasteiger partial charge in [-0.1, -0.05) is 0 Å². The van der Waals surface area contributed by atoms with Crippen molar-refractivity contribution in [2.75, 3.05) is 23.3 Å². The maximum Gasteiger partial charge on any atom is 0.573 e. The lowest BCUT2D eigenvalue weighted by molar-refractivity contribution is -0.274. The van der Waals surface area contributed by atoms with Gasteiger partial charge in [0, 0.05) is 36.1 Å². The first-order valence-electron chi connectivity index (χ1n) is 9.93. The Morgan fingerprint density at radius 3 is 2.33 bits per heavy atom. The molecule has 1 aliphatic rings. The molecule has 0 radical (unpaired) electrons. The second-order valence-corrected chi connectivity index (χ2v) is 7.31. The lowest BCUT2D eigenvalue weighted by Crippen LogP contribution is -2.21. The first kappa shape index (κ1) is 22.4. The number of nitrogens with zero attached hydrogens (tertiary/aromatic N) is 3. The molecule has 1 saturated heterocycles. The number of alkyl halides is 3. The molecule has 0 unspecified atom stereocenters. The van der Waals surface area contributed by atoms with Crippen LogP contribution in [-0.2, 0) is 0 Å². The van der Waals surface area contributed by atoms with Crippen molar-refractivity contribution in [2.24, 2.45) is 0 Å². The highest BCUT2D eigenvalue weighted by molar-refractivity contribution is 6.05. The summed E-state index contributed by atoms with van der Waals surface area (Å²) >= 11 is 0. The van der Waals surface area contributed by atoms with E-state index in [1.54, 1.807) is 0 Å². The van der Waals surface area contributed by atoms with Gasteiger partial charge in [-0.2, -0.15) is 4.39 Å². The molecule has 2 aromatic heterocycles. The van der Waals surface area contributed by atoms with E-state index < -0.39 is 29.8 Å². The van der Waals surface area contributed by atoms with Gasteiger partial charge < -0.3 is 15.0 Å². The van der Waals surface area contributed by atoms with E-state index in [0.29, 0.717) is 18.9 Å². The smallest absolute Gasteiger partial charge is 0.406 e. The Morgan fingerprint density at radius 1 is 0.970 bits per heavy atom. The Kier molecular flexibility index (Phi) is 6.12. The lowest BCUT2D eigenvalue weighted by atomic mass is 10.0. The molecular weight excluding hydrogens is 447 g/mol. The summed E-state index contributed by atoms with van der Waals surface area (Å²) in [4.78, 5) is 22.4. The van der Waals surface area contributed by atoms with Crippen molar-refractivity contribution in [1.82, 2.24) is 9.97 Å². The summed E-state index contributed by atoms with van der Waals surface area (Å²) in [5.74, 6) is -2.31. The van der Waals surface area contributed by atoms with E-state index in [0.717, 1.165) is 37.2 Å². The van der Waals surface area contributed by atoms with Crippen LogP contribution in [0.1, 0.15) is 23.2 Å². The summed E-state index contributed by atoms with van der Waals surface area (Å²) in [6.07, 6.45) is -0.934. The van der Waals surface area contributed by atoms with Crippen molar-refractivity contribution in [3.63, 3.8) is 0 Å². The Bertz CT molecular complexity index is 1160. The monoisotopic (exact) mass is 464 g/mol. The number of pyridine rings is 2. The number of hydrogen-bond acceptors (Lipinski definition) is 5. The maximum absolute atomic E-state index is 14.4. The third kappa shape index (κ3) is 5.36. The molecule has 3 heterocycles. The third-order valence-corrected chi connectivity index (χ3v) is 4.98. The number of aromatic nitrogens is 2. The number of halogens is 5. The van der Waals surface area contributed by atoms with Crippen molar-refractivity contribution in [3.05, 3.63) is 66.1 Å². The van der Waals surface area contributed by atoms with Crippen LogP contribution >= 0.6 is 0 Å². The largest absolute Gasteiger partial charge is 0.573 e. The van der Waals surface area contributed by atoms with Crippen LogP contribution in [0, 0.1) is 11.8 Å². The van der Waals surface area contributed by atoms with Crippen LogP contribution in [0.5, 0.6) is 5.75 Å². The topological polar surface area (TPSA) is 67.3 Å². The van der Waals surface area contributed by atoms with Crippen molar-refractivity contribution < 1.29 is 31.5 Å². The Hall–Kier alpha value is -3.76. The summed E-state index contributed by atoms with van der Waals surface area (Å²) < 4.78 is 68.9. The molecule has 1 aromatic carbocycles. The minimum atomic E-state index is -4.83. The van der Waals surface area contributed by atoms with Crippen LogP contribution in [0.25, 0.3) is 11.1 Å². The van der Waals surface area contributed by atoms with Crippen molar-refractivity contribution in [3.8, 4) is 16.9 Å². The number of carbonyl (C=O) groups is 1. The molecule has 0 atom stereocenters. The predicted octanol–water partition coefficient (Wildman–Crippen LogP) is 5.17. The normalized spacial score (nSPS) is 13.8. The summed E-state index contributed by atoms with van der Waals surface area (Å²) in [5, 5.41) is 2.53. The van der Waals surface area contributed by atoms with Gasteiger partial charge in [-0.3, -0.25) is 4.79 Å². The molecule has 4 rings (SSSR count). The molecule has 0 spiro atoms. The SMILES string of the molecule is O=C(Nc1ccc(OC(F)(F)F)cc1)c1cnc(N2CCCC2)c(-c2cc(F)cnc2F)c1. The Labute approximate surface area is 185 Å². The predicted molar refractivity (Wildman–Crippen MR) is 110 cm³/mol. The third-order valence-electron chi connectivity index (χ3n) is 4.98. The molecular formula is C22H17F5N4O2. The lowest BCUT2D eigenvalue weighted by Gasteiger charge is -2.21. The second-order valence-electron chi connectivity index (χ2n) is 7.31. The number of ether oxygens (including phenoxy) is 1. The zero-order valence-corrected chi connectivity index (χ0v) is 17.0. The van der Waals surface area contributed by atoms with E-state index >= 15 is 0 Å². The molecule has 172 valence electrons. The van der Waals surface area contributed by atoms with Gasteiger partial charge in [0.15, 0.2) is 0 Å². The average Bonchev–Trinajstić information content (AvgIpc) is 3.30. The molecule has 1 aliphatic heterocycles. The first-order chi connectivity index (χ1) is 15.7. The molecule has 0 saturated carbocycles. The molecule has 1 fully saturated rings.